The summed E-state index contributed by atoms with van der Waals surface area (Å²) in [5.41, 5.74) is 3.23. The van der Waals surface area contributed by atoms with Crippen LogP contribution in [0, 0.1) is 13.8 Å². The van der Waals surface area contributed by atoms with Crippen LogP contribution in [-0.2, 0) is 16.0 Å². The summed E-state index contributed by atoms with van der Waals surface area (Å²) in [7, 11) is 0. The van der Waals surface area contributed by atoms with E-state index in [4.69, 9.17) is 4.74 Å². The van der Waals surface area contributed by atoms with Gasteiger partial charge < -0.3 is 9.84 Å². The molecule has 2 atom stereocenters. The van der Waals surface area contributed by atoms with Crippen molar-refractivity contribution in [3.8, 4) is 5.75 Å². The maximum Gasteiger partial charge on any atom is 0.301 e. The van der Waals surface area contributed by atoms with Crippen LogP contribution in [0.4, 0.5) is 5.13 Å². The normalized spacial score (nSPS) is 21.7. The van der Waals surface area contributed by atoms with Gasteiger partial charge in [0.15, 0.2) is 0 Å². The molecular weight excluding hydrogens is 426 g/mol. The second kappa shape index (κ2) is 7.56. The van der Waals surface area contributed by atoms with Crippen LogP contribution >= 0.6 is 11.3 Å². The smallest absolute Gasteiger partial charge is 0.301 e. The summed E-state index contributed by atoms with van der Waals surface area (Å²) >= 11 is 1.23. The zero-order valence-corrected chi connectivity index (χ0v) is 18.6. The fourth-order valence-electron chi connectivity index (χ4n) is 4.20. The number of amides is 1. The Kier molecular flexibility index (Phi) is 4.82. The highest BCUT2D eigenvalue weighted by molar-refractivity contribution is 7.15. The van der Waals surface area contributed by atoms with Crippen molar-refractivity contribution in [1.82, 2.24) is 10.2 Å². The van der Waals surface area contributed by atoms with Gasteiger partial charge in [-0.15, -0.1) is 10.2 Å². The third-order valence-electron chi connectivity index (χ3n) is 5.73. The third kappa shape index (κ3) is 3.27. The molecule has 5 rings (SSSR count). The number of carbonyl (C=O) groups excluding carboxylic acids is 2. The molecule has 1 N–H and O–H groups in total. The predicted octanol–water partition coefficient (Wildman–Crippen LogP) is 4.10. The maximum absolute atomic E-state index is 13.2. The molecule has 2 aliphatic rings. The van der Waals surface area contributed by atoms with E-state index in [1.807, 2.05) is 44.2 Å². The molecule has 7 nitrogen and oxygen atoms in total. The molecule has 0 radical (unpaired) electrons. The second-order valence-electron chi connectivity index (χ2n) is 8.14. The largest absolute Gasteiger partial charge is 0.507 e. The van der Waals surface area contributed by atoms with Crippen molar-refractivity contribution in [3.05, 3.63) is 75.3 Å². The van der Waals surface area contributed by atoms with Gasteiger partial charge in [0.25, 0.3) is 5.78 Å². The fraction of sp³-hybridized carbons (Fsp3) is 0.250. The van der Waals surface area contributed by atoms with Crippen molar-refractivity contribution in [3.63, 3.8) is 0 Å². The van der Waals surface area contributed by atoms with Gasteiger partial charge in [0.1, 0.15) is 22.6 Å². The van der Waals surface area contributed by atoms with E-state index in [1.165, 1.54) is 16.2 Å². The summed E-state index contributed by atoms with van der Waals surface area (Å²) in [6, 6.07) is 12.1. The predicted molar refractivity (Wildman–Crippen MR) is 121 cm³/mol. The van der Waals surface area contributed by atoms with Crippen molar-refractivity contribution in [2.45, 2.75) is 39.3 Å². The van der Waals surface area contributed by atoms with Crippen molar-refractivity contribution in [2.75, 3.05) is 4.90 Å². The van der Waals surface area contributed by atoms with Crippen LogP contribution in [0.15, 0.2) is 48.0 Å². The third-order valence-corrected chi connectivity index (χ3v) is 6.57. The Morgan fingerprint density at radius 2 is 1.88 bits per heavy atom. The summed E-state index contributed by atoms with van der Waals surface area (Å²) in [6.07, 6.45) is 0.775. The Labute approximate surface area is 189 Å². The molecule has 32 heavy (non-hydrogen) atoms. The number of aliphatic hydroxyl groups is 1. The number of ketones is 1. The number of anilines is 1. The quantitative estimate of drug-likeness (QED) is 0.369. The van der Waals surface area contributed by atoms with Crippen LogP contribution < -0.4 is 9.64 Å². The molecule has 162 valence electrons. The first kappa shape index (κ1) is 20.4. The number of carbonyl (C=O) groups is 2. The number of aryl methyl sites for hydroxylation is 2. The Balaban J connectivity index is 1.68. The van der Waals surface area contributed by atoms with Crippen molar-refractivity contribution in [2.24, 2.45) is 0 Å². The van der Waals surface area contributed by atoms with Gasteiger partial charge >= 0.3 is 5.91 Å². The fourth-order valence-corrected chi connectivity index (χ4v) is 4.92. The number of fused-ring (bicyclic) bond motifs is 1. The lowest BCUT2D eigenvalue weighted by molar-refractivity contribution is -0.132. The van der Waals surface area contributed by atoms with Crippen LogP contribution in [-0.4, -0.2) is 33.1 Å². The average molecular weight is 448 g/mol. The lowest BCUT2D eigenvalue weighted by Gasteiger charge is -2.22. The van der Waals surface area contributed by atoms with E-state index >= 15 is 0 Å². The van der Waals surface area contributed by atoms with Gasteiger partial charge in [0, 0.05) is 12.0 Å². The van der Waals surface area contributed by atoms with Crippen LogP contribution in [0.25, 0.3) is 5.76 Å². The molecule has 3 heterocycles. The molecule has 0 aliphatic carbocycles. The highest BCUT2D eigenvalue weighted by Crippen LogP contribution is 2.43. The van der Waals surface area contributed by atoms with Crippen LogP contribution in [0.1, 0.15) is 40.2 Å². The lowest BCUT2D eigenvalue weighted by Crippen LogP contribution is -2.29. The number of hydrogen-bond acceptors (Lipinski definition) is 7. The molecule has 2 aromatic carbocycles. The molecule has 3 aromatic rings. The highest BCUT2D eigenvalue weighted by atomic mass is 32.1. The second-order valence-corrected chi connectivity index (χ2v) is 9.30. The Hall–Kier alpha value is -3.52. The van der Waals surface area contributed by atoms with E-state index < -0.39 is 17.7 Å². The van der Waals surface area contributed by atoms with E-state index in [-0.39, 0.29) is 17.4 Å². The van der Waals surface area contributed by atoms with Gasteiger partial charge in [-0.25, -0.2) is 0 Å². The zero-order chi connectivity index (χ0) is 22.6. The number of nitrogens with zero attached hydrogens (tertiary/aromatic N) is 3. The van der Waals surface area contributed by atoms with Gasteiger partial charge in [-0.2, -0.15) is 0 Å². The summed E-state index contributed by atoms with van der Waals surface area (Å²) < 4.78 is 5.74. The minimum atomic E-state index is -0.800. The number of aromatic nitrogens is 2. The molecule has 1 aromatic heterocycles. The first-order valence-electron chi connectivity index (χ1n) is 10.3. The lowest BCUT2D eigenvalue weighted by atomic mass is 9.94. The molecular formula is C24H21N3O4S. The summed E-state index contributed by atoms with van der Waals surface area (Å²) in [6.45, 7) is 5.72. The van der Waals surface area contributed by atoms with E-state index in [9.17, 15) is 14.7 Å². The Bertz CT molecular complexity index is 1280. The molecule has 0 spiro atoms. The number of benzene rings is 2. The van der Waals surface area contributed by atoms with Crippen LogP contribution in [0.5, 0.6) is 5.75 Å². The molecule has 0 saturated carbocycles. The first-order valence-corrected chi connectivity index (χ1v) is 11.1. The molecule has 1 fully saturated rings. The minimum absolute atomic E-state index is 0.0404. The molecule has 0 bridgehead atoms. The number of ether oxygens (including phenoxy) is 1. The number of aliphatic hydroxyl groups excluding tert-OH is 1. The Morgan fingerprint density at radius 3 is 2.56 bits per heavy atom. The van der Waals surface area contributed by atoms with E-state index in [0.717, 1.165) is 23.3 Å². The molecule has 2 unspecified atom stereocenters. The van der Waals surface area contributed by atoms with E-state index in [1.54, 1.807) is 19.1 Å². The number of hydrogen-bond donors (Lipinski definition) is 1. The topological polar surface area (TPSA) is 92.6 Å². The summed E-state index contributed by atoms with van der Waals surface area (Å²) in [5, 5.41) is 20.4. The van der Waals surface area contributed by atoms with Crippen molar-refractivity contribution < 1.29 is 19.4 Å². The maximum atomic E-state index is 13.2. The van der Waals surface area contributed by atoms with Gasteiger partial charge in [-0.3, -0.25) is 14.5 Å². The van der Waals surface area contributed by atoms with Crippen molar-refractivity contribution >= 4 is 33.9 Å². The zero-order valence-electron chi connectivity index (χ0n) is 17.8. The van der Waals surface area contributed by atoms with Crippen LogP contribution in [0.2, 0.25) is 0 Å². The number of Topliss-reactive ketones (excluding diaryl/α,β-unsaturated/α-hetero) is 1. The van der Waals surface area contributed by atoms with Crippen molar-refractivity contribution in [1.29, 1.82) is 0 Å². The summed E-state index contributed by atoms with van der Waals surface area (Å²) in [4.78, 5) is 27.6. The Morgan fingerprint density at radius 1 is 1.12 bits per heavy atom. The molecule has 2 aliphatic heterocycles. The standard InChI is InChI=1S/C24H21N3O4S/c1-12-4-6-15(7-5-12)20-19(22(29)23(30)27(20)24-26-25-14(3)32-24)21(28)16-8-9-18-17(11-16)10-13(2)31-18/h4-9,11,13,20,28H,10H2,1-3H3. The highest BCUT2D eigenvalue weighted by Gasteiger charge is 2.48. The van der Waals surface area contributed by atoms with Gasteiger partial charge in [0.2, 0.25) is 5.13 Å². The molecule has 1 saturated heterocycles. The van der Waals surface area contributed by atoms with Gasteiger partial charge in [-0.1, -0.05) is 41.2 Å². The van der Waals surface area contributed by atoms with E-state index in [0.29, 0.717) is 21.3 Å². The van der Waals surface area contributed by atoms with Gasteiger partial charge in [0.05, 0.1) is 11.6 Å². The molecule has 8 heteroatoms. The molecule has 1 amide bonds. The minimum Gasteiger partial charge on any atom is -0.507 e. The number of rotatable bonds is 3. The van der Waals surface area contributed by atoms with Gasteiger partial charge in [-0.05, 0) is 50.1 Å². The summed E-state index contributed by atoms with van der Waals surface area (Å²) in [5.74, 6) is -0.911. The monoisotopic (exact) mass is 447 g/mol. The van der Waals surface area contributed by atoms with Crippen LogP contribution in [0.3, 0.4) is 0 Å². The SMILES string of the molecule is Cc1ccc(C2C(=C(O)c3ccc4c(c3)CC(C)O4)C(=O)C(=O)N2c2nnc(C)s2)cc1. The first-order chi connectivity index (χ1) is 15.3. The average Bonchev–Trinajstić information content (AvgIpc) is 3.43. The van der Waals surface area contributed by atoms with E-state index in [2.05, 4.69) is 10.2 Å².